The minimum absolute atomic E-state index is 0.0835. The predicted octanol–water partition coefficient (Wildman–Crippen LogP) is 2.05. The highest BCUT2D eigenvalue weighted by Crippen LogP contribution is 2.12. The first-order valence-corrected chi connectivity index (χ1v) is 15.7. The first-order valence-electron chi connectivity index (χ1n) is 12.1. The van der Waals surface area contributed by atoms with Gasteiger partial charge in [0.05, 0.1) is 19.4 Å². The van der Waals surface area contributed by atoms with E-state index in [-0.39, 0.29) is 31.4 Å². The number of methoxy groups -OCH3 is 1. The molecule has 1 aromatic rings. The molecule has 12 nitrogen and oxygen atoms in total. The van der Waals surface area contributed by atoms with Gasteiger partial charge in [-0.3, -0.25) is 19.2 Å². The third-order valence-electron chi connectivity index (χ3n) is 3.54. The van der Waals surface area contributed by atoms with Crippen LogP contribution in [-0.4, -0.2) is 100 Å². The van der Waals surface area contributed by atoms with Crippen LogP contribution in [0.15, 0.2) is 35.2 Å². The SMILES string of the molecule is COCCS.NC(CS)C(=O)O.NCCS.O=C(CCS)ON1C(=O)CCC1=O.O=C(O)CCS.Sc1ccccc1. The van der Waals surface area contributed by atoms with E-state index in [9.17, 15) is 24.0 Å². The summed E-state index contributed by atoms with van der Waals surface area (Å²) in [6, 6.07) is 8.97. The third-order valence-corrected chi connectivity index (χ3v) is 5.11. The first kappa shape index (κ1) is 47.7. The van der Waals surface area contributed by atoms with E-state index in [2.05, 4.69) is 85.3 Å². The minimum Gasteiger partial charge on any atom is -0.481 e. The zero-order valence-electron chi connectivity index (χ0n) is 23.3. The van der Waals surface area contributed by atoms with Gasteiger partial charge in [-0.25, -0.2) is 4.79 Å². The normalized spacial score (nSPS) is 11.7. The fourth-order valence-corrected chi connectivity index (χ4v) is 2.47. The quantitative estimate of drug-likeness (QED) is 0.126. The molecule has 2 rings (SSSR count). The Balaban J connectivity index is -0.000000218. The largest absolute Gasteiger partial charge is 0.481 e. The molecule has 1 aromatic carbocycles. The van der Waals surface area contributed by atoms with Crippen molar-refractivity contribution in [2.45, 2.75) is 36.6 Å². The number of thiol groups is 6. The molecule has 1 heterocycles. The van der Waals surface area contributed by atoms with E-state index in [1.165, 1.54) is 0 Å². The molecule has 6 N–H and O–H groups in total. The van der Waals surface area contributed by atoms with Crippen molar-refractivity contribution in [1.29, 1.82) is 0 Å². The lowest BCUT2D eigenvalue weighted by Crippen LogP contribution is -2.32. The summed E-state index contributed by atoms with van der Waals surface area (Å²) in [6.07, 6.45) is 0.475. The maximum atomic E-state index is 10.9. The maximum Gasteiger partial charge on any atom is 0.334 e. The molecule has 0 aromatic heterocycles. The Morgan fingerprint density at radius 1 is 0.905 bits per heavy atom. The molecule has 244 valence electrons. The lowest BCUT2D eigenvalue weighted by atomic mass is 10.4. The number of hydroxylamine groups is 2. The van der Waals surface area contributed by atoms with Crippen molar-refractivity contribution in [3.8, 4) is 0 Å². The van der Waals surface area contributed by atoms with Gasteiger partial charge in [0.2, 0.25) is 0 Å². The Kier molecular flexibility index (Phi) is 40.8. The van der Waals surface area contributed by atoms with Crippen LogP contribution in [-0.2, 0) is 33.5 Å². The van der Waals surface area contributed by atoms with Crippen LogP contribution in [0.1, 0.15) is 25.7 Å². The summed E-state index contributed by atoms with van der Waals surface area (Å²) in [7, 11) is 1.66. The summed E-state index contributed by atoms with van der Waals surface area (Å²) in [5.74, 6) is -0.774. The zero-order valence-corrected chi connectivity index (χ0v) is 28.6. The zero-order chi connectivity index (χ0) is 33.3. The lowest BCUT2D eigenvalue weighted by molar-refractivity contribution is -0.197. The van der Waals surface area contributed by atoms with Gasteiger partial charge in [0.1, 0.15) is 6.04 Å². The van der Waals surface area contributed by atoms with Crippen LogP contribution < -0.4 is 11.5 Å². The number of nitrogens with zero attached hydrogens (tertiary/aromatic N) is 1. The Bertz CT molecular complexity index is 823. The van der Waals surface area contributed by atoms with Crippen molar-refractivity contribution in [3.63, 3.8) is 0 Å². The van der Waals surface area contributed by atoms with E-state index in [1.54, 1.807) is 7.11 Å². The van der Waals surface area contributed by atoms with Gasteiger partial charge in [0.15, 0.2) is 0 Å². The molecular formula is C24H43N3O9S6. The number of hydrogen-bond acceptors (Lipinski definition) is 15. The topological polar surface area (TPSA) is 200 Å². The predicted molar refractivity (Wildman–Crippen MR) is 184 cm³/mol. The number of imide groups is 1. The number of carboxylic acids is 2. The molecule has 2 amide bonds. The van der Waals surface area contributed by atoms with Crippen molar-refractivity contribution < 1.29 is 43.8 Å². The summed E-state index contributed by atoms with van der Waals surface area (Å²) in [4.78, 5) is 57.6. The Hall–Kier alpha value is -1.25. The minimum atomic E-state index is -1.00. The van der Waals surface area contributed by atoms with Gasteiger partial charge >= 0.3 is 17.9 Å². The standard InChI is InChI=1S/C7H9NO4S.C6H6S.C3H7NO2S.C3H6O2S.C3H8OS.C2H7NS/c9-5-1-2-6(10)8(5)12-7(11)3-4-13;7-6-4-2-1-3-5-6;4-2(1-7)3(5)6;4-3(5)1-2-6;1-4-2-3-5;3-1-2-4/h13H,1-4H2;1-5,7H;2,7H,1,4H2,(H,5,6);6H,1-2H2,(H,4,5);5H,2-3H2,1H3;4H,1-3H2. The smallest absolute Gasteiger partial charge is 0.334 e. The Labute approximate surface area is 280 Å². The average molecular weight is 710 g/mol. The van der Waals surface area contributed by atoms with Crippen molar-refractivity contribution in [1.82, 2.24) is 5.06 Å². The number of benzene rings is 1. The molecule has 42 heavy (non-hydrogen) atoms. The second-order valence-corrected chi connectivity index (χ2v) is 9.75. The summed E-state index contributed by atoms with van der Waals surface area (Å²) < 4.78 is 4.61. The van der Waals surface area contributed by atoms with Gasteiger partial charge in [-0.2, -0.15) is 63.1 Å². The van der Waals surface area contributed by atoms with Crippen LogP contribution in [0.5, 0.6) is 0 Å². The summed E-state index contributed by atoms with van der Waals surface area (Å²) in [5.41, 5.74) is 9.89. The molecule has 0 spiro atoms. The van der Waals surface area contributed by atoms with Crippen molar-refractivity contribution in [3.05, 3.63) is 30.3 Å². The number of nitrogens with two attached hydrogens (primary N) is 2. The van der Waals surface area contributed by atoms with Gasteiger partial charge in [-0.15, -0.1) is 17.7 Å². The molecule has 0 saturated carbocycles. The van der Waals surface area contributed by atoms with Crippen LogP contribution in [0, 0.1) is 0 Å². The number of ether oxygens (including phenoxy) is 1. The van der Waals surface area contributed by atoms with E-state index < -0.39 is 35.8 Å². The van der Waals surface area contributed by atoms with E-state index in [1.807, 2.05) is 30.3 Å². The van der Waals surface area contributed by atoms with Crippen LogP contribution >= 0.6 is 75.8 Å². The number of carbonyl (C=O) groups is 5. The van der Waals surface area contributed by atoms with Crippen LogP contribution in [0.25, 0.3) is 0 Å². The van der Waals surface area contributed by atoms with Crippen molar-refractivity contribution in [2.24, 2.45) is 11.5 Å². The number of carboxylic acid groups (broad SMARTS) is 2. The highest BCUT2D eigenvalue weighted by atomic mass is 32.1. The van der Waals surface area contributed by atoms with Crippen LogP contribution in [0.2, 0.25) is 0 Å². The number of rotatable bonds is 10. The molecular weight excluding hydrogens is 667 g/mol. The molecule has 0 radical (unpaired) electrons. The monoisotopic (exact) mass is 709 g/mol. The van der Waals surface area contributed by atoms with Crippen LogP contribution in [0.4, 0.5) is 0 Å². The summed E-state index contributed by atoms with van der Waals surface area (Å²) in [5, 5.41) is 16.4. The van der Waals surface area contributed by atoms with Crippen molar-refractivity contribution >= 4 is 105 Å². The van der Waals surface area contributed by atoms with E-state index in [4.69, 9.17) is 21.7 Å². The highest BCUT2D eigenvalue weighted by Gasteiger charge is 2.32. The molecule has 1 aliphatic heterocycles. The number of carbonyl (C=O) groups excluding carboxylic acids is 3. The number of aliphatic carboxylic acids is 2. The third kappa shape index (κ3) is 36.8. The summed E-state index contributed by atoms with van der Waals surface area (Å²) >= 11 is 22.9. The van der Waals surface area contributed by atoms with Gasteiger partial charge in [0.25, 0.3) is 11.8 Å². The molecule has 1 atom stereocenters. The van der Waals surface area contributed by atoms with Gasteiger partial charge in [-0.1, -0.05) is 18.2 Å². The molecule has 0 bridgehead atoms. The molecule has 1 saturated heterocycles. The second kappa shape index (κ2) is 35.9. The molecule has 1 aliphatic rings. The van der Waals surface area contributed by atoms with Gasteiger partial charge in [0, 0.05) is 60.2 Å². The maximum absolute atomic E-state index is 10.9. The number of amides is 2. The lowest BCUT2D eigenvalue weighted by Gasteiger charge is -2.11. The fraction of sp³-hybridized carbons (Fsp3) is 0.542. The highest BCUT2D eigenvalue weighted by molar-refractivity contribution is 7.81. The Morgan fingerprint density at radius 3 is 1.57 bits per heavy atom. The van der Waals surface area contributed by atoms with Crippen LogP contribution in [0.3, 0.4) is 0 Å². The molecule has 1 fully saturated rings. The second-order valence-electron chi connectivity index (χ2n) is 7.08. The fourth-order valence-electron chi connectivity index (χ4n) is 1.59. The molecule has 1 unspecified atom stereocenters. The van der Waals surface area contributed by atoms with E-state index >= 15 is 0 Å². The first-order chi connectivity index (χ1) is 19.8. The van der Waals surface area contributed by atoms with E-state index in [0.717, 1.165) is 23.0 Å². The molecule has 18 heteroatoms. The molecule has 0 aliphatic carbocycles. The van der Waals surface area contributed by atoms with Gasteiger partial charge < -0.3 is 31.3 Å². The Morgan fingerprint density at radius 2 is 1.38 bits per heavy atom. The number of hydrogen-bond donors (Lipinski definition) is 10. The summed E-state index contributed by atoms with van der Waals surface area (Å²) in [6.45, 7) is 1.44. The van der Waals surface area contributed by atoms with Gasteiger partial charge in [-0.05, 0) is 12.1 Å². The van der Waals surface area contributed by atoms with Crippen molar-refractivity contribution in [2.75, 3.05) is 49.0 Å². The average Bonchev–Trinajstić information content (AvgIpc) is 3.27. The van der Waals surface area contributed by atoms with E-state index in [0.29, 0.717) is 23.1 Å².